The van der Waals surface area contributed by atoms with E-state index in [4.69, 9.17) is 0 Å². The molecule has 1 heterocycles. The Kier molecular flexibility index (Phi) is 5.08. The van der Waals surface area contributed by atoms with Crippen LogP contribution in [-0.2, 0) is 19.4 Å². The van der Waals surface area contributed by atoms with Gasteiger partial charge in [-0.25, -0.2) is 8.42 Å². The smallest absolute Gasteiger partial charge is 0.248 e. The van der Waals surface area contributed by atoms with Crippen LogP contribution >= 0.6 is 0 Å². The first-order chi connectivity index (χ1) is 9.50. The van der Waals surface area contributed by atoms with Crippen LogP contribution in [0, 0.1) is 0 Å². The molecule has 0 spiro atoms. The lowest BCUT2D eigenvalue weighted by Crippen LogP contribution is -2.73. The van der Waals surface area contributed by atoms with Crippen LogP contribution in [-0.4, -0.2) is 54.3 Å². The molecule has 7 heteroatoms. The van der Waals surface area contributed by atoms with Crippen LogP contribution in [0.4, 0.5) is 0 Å². The molecule has 0 aromatic carbocycles. The van der Waals surface area contributed by atoms with Crippen LogP contribution in [0.15, 0.2) is 0 Å². The number of hydrogen-bond acceptors (Lipinski definition) is 4. The molecule has 0 aromatic rings. The van der Waals surface area contributed by atoms with Gasteiger partial charge in [0.05, 0.1) is 5.75 Å². The summed E-state index contributed by atoms with van der Waals surface area (Å²) in [7, 11) is -3.06. The van der Waals surface area contributed by atoms with Gasteiger partial charge in [-0.1, -0.05) is 13.8 Å². The van der Waals surface area contributed by atoms with Gasteiger partial charge in [0, 0.05) is 12.3 Å². The predicted molar refractivity (Wildman–Crippen MR) is 81.6 cm³/mol. The average molecular weight is 318 g/mol. The Bertz CT molecular complexity index is 527. The molecule has 0 radical (unpaired) electrons. The van der Waals surface area contributed by atoms with Crippen LogP contribution in [0.1, 0.15) is 47.5 Å². The Hall–Kier alpha value is -1.11. The molecule has 1 aliphatic rings. The van der Waals surface area contributed by atoms with E-state index in [9.17, 15) is 18.0 Å². The maximum Gasteiger partial charge on any atom is 0.248 e. The maximum absolute atomic E-state index is 12.6. The monoisotopic (exact) mass is 318 g/mol. The van der Waals surface area contributed by atoms with E-state index in [1.807, 2.05) is 6.92 Å². The molecule has 1 fully saturated rings. The molecular formula is C14H26N2O4S. The molecule has 122 valence electrons. The minimum atomic E-state index is -3.06. The predicted octanol–water partition coefficient (Wildman–Crippen LogP) is 0.717. The summed E-state index contributed by atoms with van der Waals surface area (Å²) < 4.78 is 23.1. The Morgan fingerprint density at radius 3 is 2.19 bits per heavy atom. The van der Waals surface area contributed by atoms with Crippen molar-refractivity contribution in [3.05, 3.63) is 0 Å². The van der Waals surface area contributed by atoms with Crippen molar-refractivity contribution >= 4 is 21.7 Å². The lowest BCUT2D eigenvalue weighted by molar-refractivity contribution is -0.160. The van der Waals surface area contributed by atoms with Crippen LogP contribution in [0.25, 0.3) is 0 Å². The zero-order valence-corrected chi connectivity index (χ0v) is 14.3. The van der Waals surface area contributed by atoms with Gasteiger partial charge >= 0.3 is 0 Å². The fraction of sp³-hybridized carbons (Fsp3) is 0.857. The van der Waals surface area contributed by atoms with Crippen molar-refractivity contribution in [2.45, 2.75) is 58.5 Å². The third-order valence-corrected chi connectivity index (χ3v) is 6.11. The van der Waals surface area contributed by atoms with Gasteiger partial charge in [-0.3, -0.25) is 9.59 Å². The van der Waals surface area contributed by atoms with E-state index in [0.29, 0.717) is 12.8 Å². The van der Waals surface area contributed by atoms with Gasteiger partial charge in [0.15, 0.2) is 0 Å². The van der Waals surface area contributed by atoms with Crippen molar-refractivity contribution in [3.63, 3.8) is 0 Å². The number of sulfone groups is 1. The number of piperazine rings is 1. The highest BCUT2D eigenvalue weighted by atomic mass is 32.2. The molecule has 1 rings (SSSR count). The van der Waals surface area contributed by atoms with Gasteiger partial charge < -0.3 is 10.2 Å². The number of carbonyl (C=O) groups excluding carboxylic acids is 2. The van der Waals surface area contributed by atoms with E-state index in [1.165, 1.54) is 4.90 Å². The Morgan fingerprint density at radius 1 is 1.14 bits per heavy atom. The van der Waals surface area contributed by atoms with E-state index in [2.05, 4.69) is 5.32 Å². The standard InChI is InChI=1S/C14H26N2O4S/c1-6-14(5)12(18)16(13(3,4)11(17)15-14)9-8-10-21(19,20)7-2/h6-10H2,1-5H3,(H,15,17). The molecule has 0 bridgehead atoms. The van der Waals surface area contributed by atoms with E-state index >= 15 is 0 Å². The summed E-state index contributed by atoms with van der Waals surface area (Å²) in [4.78, 5) is 26.4. The van der Waals surface area contributed by atoms with Crippen LogP contribution in [0.2, 0.25) is 0 Å². The van der Waals surface area contributed by atoms with Crippen molar-refractivity contribution < 1.29 is 18.0 Å². The van der Waals surface area contributed by atoms with E-state index in [0.717, 1.165) is 0 Å². The summed E-state index contributed by atoms with van der Waals surface area (Å²) in [6.45, 7) is 8.79. The summed E-state index contributed by atoms with van der Waals surface area (Å²) in [6, 6.07) is 0. The quantitative estimate of drug-likeness (QED) is 0.782. The third kappa shape index (κ3) is 3.56. The molecule has 0 aliphatic carbocycles. The third-order valence-electron chi connectivity index (χ3n) is 4.32. The summed E-state index contributed by atoms with van der Waals surface area (Å²) in [5.41, 5.74) is -1.86. The number of nitrogens with zero attached hydrogens (tertiary/aromatic N) is 1. The van der Waals surface area contributed by atoms with Gasteiger partial charge in [0.2, 0.25) is 11.8 Å². The molecule has 6 nitrogen and oxygen atoms in total. The summed E-state index contributed by atoms with van der Waals surface area (Å²) in [5.74, 6) is -0.223. The average Bonchev–Trinajstić information content (AvgIpc) is 2.41. The Labute approximate surface area is 127 Å². The van der Waals surface area contributed by atoms with Gasteiger partial charge in [-0.05, 0) is 33.6 Å². The minimum absolute atomic E-state index is 0.0355. The molecule has 1 saturated heterocycles. The number of rotatable bonds is 6. The second-order valence-corrected chi connectivity index (χ2v) is 8.72. The molecule has 0 aromatic heterocycles. The number of amides is 2. The summed E-state index contributed by atoms with van der Waals surface area (Å²) in [5, 5.41) is 2.78. The zero-order chi connectivity index (χ0) is 16.5. The first kappa shape index (κ1) is 17.9. The molecule has 21 heavy (non-hydrogen) atoms. The number of hydrogen-bond donors (Lipinski definition) is 1. The largest absolute Gasteiger partial charge is 0.340 e. The van der Waals surface area contributed by atoms with Crippen LogP contribution < -0.4 is 5.32 Å². The van der Waals surface area contributed by atoms with Crippen molar-refractivity contribution in [2.24, 2.45) is 0 Å². The van der Waals surface area contributed by atoms with E-state index in [-0.39, 0.29) is 29.9 Å². The Balaban J connectivity index is 2.90. The molecule has 1 atom stereocenters. The van der Waals surface area contributed by atoms with E-state index < -0.39 is 20.9 Å². The van der Waals surface area contributed by atoms with E-state index in [1.54, 1.807) is 27.7 Å². The molecular weight excluding hydrogens is 292 g/mol. The lowest BCUT2D eigenvalue weighted by Gasteiger charge is -2.48. The van der Waals surface area contributed by atoms with Gasteiger partial charge in [-0.2, -0.15) is 0 Å². The molecule has 2 amide bonds. The lowest BCUT2D eigenvalue weighted by atomic mass is 9.86. The highest BCUT2D eigenvalue weighted by Gasteiger charge is 2.51. The second kappa shape index (κ2) is 5.94. The first-order valence-electron chi connectivity index (χ1n) is 7.35. The second-order valence-electron chi connectivity index (χ2n) is 6.25. The van der Waals surface area contributed by atoms with Gasteiger partial charge in [0.1, 0.15) is 20.9 Å². The number of nitrogens with one attached hydrogen (secondary N) is 1. The minimum Gasteiger partial charge on any atom is -0.340 e. The van der Waals surface area contributed by atoms with Gasteiger partial charge in [0.25, 0.3) is 0 Å². The normalized spacial score (nSPS) is 25.9. The van der Waals surface area contributed by atoms with Crippen LogP contribution in [0.5, 0.6) is 0 Å². The summed E-state index contributed by atoms with van der Waals surface area (Å²) >= 11 is 0. The van der Waals surface area contributed by atoms with Crippen LogP contribution in [0.3, 0.4) is 0 Å². The topological polar surface area (TPSA) is 83.6 Å². The fourth-order valence-electron chi connectivity index (χ4n) is 2.34. The van der Waals surface area contributed by atoms with Crippen molar-refractivity contribution in [1.29, 1.82) is 0 Å². The van der Waals surface area contributed by atoms with Crippen molar-refractivity contribution in [3.8, 4) is 0 Å². The molecule has 1 unspecified atom stereocenters. The fourth-order valence-corrected chi connectivity index (χ4v) is 3.20. The highest BCUT2D eigenvalue weighted by Crippen LogP contribution is 2.28. The summed E-state index contributed by atoms with van der Waals surface area (Å²) in [6.07, 6.45) is 0.843. The molecule has 0 saturated carbocycles. The Morgan fingerprint density at radius 2 is 1.71 bits per heavy atom. The SMILES string of the molecule is CCC1(C)NC(=O)C(C)(C)N(CCCS(=O)(=O)CC)C1=O. The first-order valence-corrected chi connectivity index (χ1v) is 9.17. The maximum atomic E-state index is 12.6. The molecule has 1 N–H and O–H groups in total. The zero-order valence-electron chi connectivity index (χ0n) is 13.5. The molecule has 1 aliphatic heterocycles. The number of carbonyl (C=O) groups is 2. The van der Waals surface area contributed by atoms with Gasteiger partial charge in [-0.15, -0.1) is 0 Å². The van der Waals surface area contributed by atoms with Crippen molar-refractivity contribution in [2.75, 3.05) is 18.1 Å². The highest BCUT2D eigenvalue weighted by molar-refractivity contribution is 7.91. The van der Waals surface area contributed by atoms with Crippen molar-refractivity contribution in [1.82, 2.24) is 10.2 Å².